The maximum atomic E-state index is 9.75. The third-order valence-corrected chi connectivity index (χ3v) is 3.61. The standard InChI is InChI=1S/C16H16O2S.BF4/c1-13(17)18-15-7-9-16(10-8-15)19-12-11-14-5-3-2-4-6-14;2-1(3,4)5/h2-10H,11-12H2,1H3;/q;-1/p+1. The van der Waals surface area contributed by atoms with E-state index in [1.54, 1.807) is 0 Å². The minimum atomic E-state index is -6.00. The van der Waals surface area contributed by atoms with Gasteiger partial charge in [-0.1, -0.05) is 30.3 Å². The molecule has 0 aliphatic heterocycles. The Balaban J connectivity index is 0.000000505. The summed E-state index contributed by atoms with van der Waals surface area (Å²) < 4.78 is 44.1. The zero-order valence-corrected chi connectivity index (χ0v) is 13.8. The molecule has 0 spiro atoms. The van der Waals surface area contributed by atoms with Crippen LogP contribution in [-0.2, 0) is 6.42 Å². The first-order valence-corrected chi connectivity index (χ1v) is 8.07. The molecule has 130 valence electrons. The number of aryl methyl sites for hydroxylation is 1. The normalized spacial score (nSPS) is 10.5. The molecule has 0 unspecified atom stereocenters. The van der Waals surface area contributed by atoms with Gasteiger partial charge in [0.05, 0.1) is 6.92 Å². The second kappa shape index (κ2) is 10.0. The van der Waals surface area contributed by atoms with Crippen molar-refractivity contribution >= 4 is 25.0 Å². The van der Waals surface area contributed by atoms with Crippen LogP contribution in [-0.4, -0.2) is 23.8 Å². The van der Waals surface area contributed by atoms with Crippen molar-refractivity contribution in [1.82, 2.24) is 0 Å². The van der Waals surface area contributed by atoms with Crippen molar-refractivity contribution in [3.05, 3.63) is 60.2 Å². The first kappa shape index (κ1) is 20.1. The zero-order chi connectivity index (χ0) is 18.0. The molecule has 0 aromatic heterocycles. The first-order valence-electron chi connectivity index (χ1n) is 7.08. The first-order chi connectivity index (χ1) is 11.2. The molecular formula is C16H17BF4O2S. The van der Waals surface area contributed by atoms with E-state index in [9.17, 15) is 17.3 Å². The number of hydrogen-bond acceptors (Lipinski definition) is 2. The third-order valence-electron chi connectivity index (χ3n) is 2.59. The van der Waals surface area contributed by atoms with Crippen molar-refractivity contribution < 1.29 is 26.8 Å². The van der Waals surface area contributed by atoms with E-state index >= 15 is 0 Å². The SMILES string of the molecule is CC(=[OH+])Oc1ccc(SCCc2ccccc2)cc1.F[B-](F)(F)F. The van der Waals surface area contributed by atoms with Gasteiger partial charge in [-0.2, -0.15) is 0 Å². The Morgan fingerprint density at radius 2 is 1.54 bits per heavy atom. The number of rotatable bonds is 5. The van der Waals surface area contributed by atoms with Crippen LogP contribution in [0.3, 0.4) is 0 Å². The van der Waals surface area contributed by atoms with Gasteiger partial charge in [-0.25, -0.2) is 0 Å². The lowest BCUT2D eigenvalue weighted by Crippen LogP contribution is -2.02. The van der Waals surface area contributed by atoms with Crippen LogP contribution in [0.5, 0.6) is 5.75 Å². The minimum Gasteiger partial charge on any atom is -0.418 e. The Labute approximate surface area is 142 Å². The smallest absolute Gasteiger partial charge is 0.418 e. The quantitative estimate of drug-likeness (QED) is 0.183. The molecule has 24 heavy (non-hydrogen) atoms. The molecule has 0 bridgehead atoms. The average molecular weight is 360 g/mol. The number of carbonyl (C=O) groups excluding carboxylic acids is 1. The number of thioether (sulfide) groups is 1. The second-order valence-electron chi connectivity index (χ2n) is 4.67. The summed E-state index contributed by atoms with van der Waals surface area (Å²) in [6.07, 6.45) is 1.06. The van der Waals surface area contributed by atoms with Crippen molar-refractivity contribution in [2.45, 2.75) is 18.2 Å². The van der Waals surface area contributed by atoms with E-state index in [1.807, 2.05) is 42.1 Å². The van der Waals surface area contributed by atoms with Gasteiger partial charge in [0.15, 0.2) is 0 Å². The lowest BCUT2D eigenvalue weighted by molar-refractivity contribution is 0.368. The van der Waals surface area contributed by atoms with Crippen molar-refractivity contribution in [2.75, 3.05) is 5.75 Å². The molecule has 0 radical (unpaired) electrons. The van der Waals surface area contributed by atoms with E-state index < -0.39 is 7.25 Å². The minimum absolute atomic E-state index is 0.0375. The Bertz CT molecular complexity index is 612. The van der Waals surface area contributed by atoms with E-state index in [1.165, 1.54) is 17.4 Å². The molecule has 0 fully saturated rings. The highest BCUT2D eigenvalue weighted by molar-refractivity contribution is 7.99. The van der Waals surface area contributed by atoms with E-state index in [4.69, 9.17) is 9.53 Å². The monoisotopic (exact) mass is 360 g/mol. The highest BCUT2D eigenvalue weighted by Gasteiger charge is 2.20. The molecule has 2 aromatic carbocycles. The highest BCUT2D eigenvalue weighted by atomic mass is 32.2. The van der Waals surface area contributed by atoms with Crippen molar-refractivity contribution in [3.63, 3.8) is 0 Å². The molecule has 1 N–H and O–H groups in total. The number of hydrogen-bond donors (Lipinski definition) is 0. The van der Waals surface area contributed by atoms with Gasteiger partial charge in [-0.05, 0) is 24.1 Å². The van der Waals surface area contributed by atoms with Crippen LogP contribution in [0.2, 0.25) is 0 Å². The molecule has 2 aromatic rings. The number of esters is 1. The summed E-state index contributed by atoms with van der Waals surface area (Å²) in [4.78, 5) is 10.2. The van der Waals surface area contributed by atoms with Crippen LogP contribution < -0.4 is 4.74 Å². The Kier molecular flexibility index (Phi) is 8.39. The Hall–Kier alpha value is -1.96. The Morgan fingerprint density at radius 1 is 1.00 bits per heavy atom. The van der Waals surface area contributed by atoms with E-state index in [0.29, 0.717) is 5.75 Å². The maximum Gasteiger partial charge on any atom is 0.673 e. The number of benzene rings is 2. The van der Waals surface area contributed by atoms with Gasteiger partial charge in [0.1, 0.15) is 0 Å². The van der Waals surface area contributed by atoms with Crippen LogP contribution in [0.25, 0.3) is 0 Å². The van der Waals surface area contributed by atoms with Gasteiger partial charge in [0.2, 0.25) is 5.75 Å². The third kappa shape index (κ3) is 10.7. The molecule has 0 aliphatic rings. The zero-order valence-electron chi connectivity index (χ0n) is 13.0. The molecule has 2 nitrogen and oxygen atoms in total. The van der Waals surface area contributed by atoms with Gasteiger partial charge in [0.25, 0.3) is 0 Å². The predicted octanol–water partition coefficient (Wildman–Crippen LogP) is 5.22. The van der Waals surface area contributed by atoms with Gasteiger partial charge < -0.3 is 22.1 Å². The van der Waals surface area contributed by atoms with Crippen molar-refractivity contribution in [3.8, 4) is 5.75 Å². The fraction of sp³-hybridized carbons (Fsp3) is 0.188. The van der Waals surface area contributed by atoms with Crippen LogP contribution in [0, 0.1) is 0 Å². The molecular weight excluding hydrogens is 343 g/mol. The van der Waals surface area contributed by atoms with E-state index in [2.05, 4.69) is 24.3 Å². The van der Waals surface area contributed by atoms with E-state index in [-0.39, 0.29) is 5.97 Å². The molecule has 0 aliphatic carbocycles. The lowest BCUT2D eigenvalue weighted by Gasteiger charge is -2.02. The van der Waals surface area contributed by atoms with Crippen LogP contribution in [0.1, 0.15) is 12.5 Å². The fourth-order valence-electron chi connectivity index (χ4n) is 1.71. The second-order valence-corrected chi connectivity index (χ2v) is 5.84. The summed E-state index contributed by atoms with van der Waals surface area (Å²) in [5.74, 6) is 1.67. The fourth-order valence-corrected chi connectivity index (χ4v) is 2.61. The molecule has 0 atom stereocenters. The molecule has 2 rings (SSSR count). The van der Waals surface area contributed by atoms with Crippen LogP contribution >= 0.6 is 11.8 Å². The molecule has 0 amide bonds. The van der Waals surface area contributed by atoms with Crippen molar-refractivity contribution in [1.29, 1.82) is 0 Å². The average Bonchev–Trinajstić information content (AvgIpc) is 2.48. The van der Waals surface area contributed by atoms with Gasteiger partial charge in [-0.3, -0.25) is 4.74 Å². The number of halogens is 4. The molecule has 0 saturated carbocycles. The predicted molar refractivity (Wildman–Crippen MR) is 90.7 cm³/mol. The molecule has 8 heteroatoms. The summed E-state index contributed by atoms with van der Waals surface area (Å²) >= 11 is 1.82. The maximum absolute atomic E-state index is 9.75. The Morgan fingerprint density at radius 3 is 2.04 bits per heavy atom. The van der Waals surface area contributed by atoms with Gasteiger partial charge in [-0.15, -0.1) is 11.8 Å². The number of ether oxygens (including phenoxy) is 1. The summed E-state index contributed by atoms with van der Waals surface area (Å²) in [5.41, 5.74) is 1.36. The van der Waals surface area contributed by atoms with Crippen molar-refractivity contribution in [2.24, 2.45) is 0 Å². The highest BCUT2D eigenvalue weighted by Crippen LogP contribution is 2.22. The van der Waals surface area contributed by atoms with Crippen LogP contribution in [0.4, 0.5) is 17.3 Å². The summed E-state index contributed by atoms with van der Waals surface area (Å²) in [5, 5.41) is 0. The van der Waals surface area contributed by atoms with Crippen LogP contribution in [0.15, 0.2) is 59.5 Å². The topological polar surface area (TPSA) is 30.6 Å². The van der Waals surface area contributed by atoms with Gasteiger partial charge >= 0.3 is 13.2 Å². The lowest BCUT2D eigenvalue weighted by atomic mass is 10.2. The summed E-state index contributed by atoms with van der Waals surface area (Å²) in [7, 11) is -6.00. The van der Waals surface area contributed by atoms with E-state index in [0.717, 1.165) is 12.2 Å². The largest absolute Gasteiger partial charge is 0.673 e. The summed E-state index contributed by atoms with van der Waals surface area (Å²) in [6, 6.07) is 18.2. The molecule has 0 heterocycles. The summed E-state index contributed by atoms with van der Waals surface area (Å²) in [6.45, 7) is 1.52. The van der Waals surface area contributed by atoms with Gasteiger partial charge in [0, 0.05) is 22.8 Å². The molecule has 0 saturated heterocycles.